The highest BCUT2D eigenvalue weighted by molar-refractivity contribution is 5.92. The molecule has 0 saturated heterocycles. The number of benzene rings is 3. The third-order valence-corrected chi connectivity index (χ3v) is 4.38. The van der Waals surface area contributed by atoms with Gasteiger partial charge in [0.1, 0.15) is 5.75 Å². The van der Waals surface area contributed by atoms with Crippen molar-refractivity contribution in [3.8, 4) is 28.6 Å². The Kier molecular flexibility index (Phi) is 5.33. The van der Waals surface area contributed by atoms with Gasteiger partial charge in [-0.2, -0.15) is 4.98 Å². The van der Waals surface area contributed by atoms with Crippen LogP contribution in [0.15, 0.2) is 83.4 Å². The van der Waals surface area contributed by atoms with Gasteiger partial charge in [0.15, 0.2) is 0 Å². The molecule has 0 bridgehead atoms. The summed E-state index contributed by atoms with van der Waals surface area (Å²) in [4.78, 5) is 16.8. The van der Waals surface area contributed by atoms with Gasteiger partial charge in [0.25, 0.3) is 5.89 Å². The normalized spacial score (nSPS) is 10.5. The van der Waals surface area contributed by atoms with E-state index in [0.717, 1.165) is 22.4 Å². The number of carbonyl (C=O) groups is 1. The number of aromatic nitrogens is 2. The number of carbonyl (C=O) groups excluding carboxylic acids is 1. The molecule has 0 aliphatic carbocycles. The predicted octanol–water partition coefficient (Wildman–Crippen LogP) is 4.59. The molecule has 6 heteroatoms. The van der Waals surface area contributed by atoms with Crippen LogP contribution < -0.4 is 10.1 Å². The number of hydrogen-bond donors (Lipinski definition) is 1. The molecule has 0 saturated carbocycles. The molecular formula is C23H19N3O3. The molecule has 0 aliphatic heterocycles. The smallest absolute Gasteiger partial charge is 0.258 e. The van der Waals surface area contributed by atoms with Crippen molar-refractivity contribution >= 4 is 11.6 Å². The van der Waals surface area contributed by atoms with E-state index < -0.39 is 0 Å². The van der Waals surface area contributed by atoms with Gasteiger partial charge in [-0.25, -0.2) is 0 Å². The lowest BCUT2D eigenvalue weighted by Gasteiger charge is -2.07. The third kappa shape index (κ3) is 4.50. The molecular weight excluding hydrogens is 366 g/mol. The maximum absolute atomic E-state index is 12.4. The van der Waals surface area contributed by atoms with Crippen LogP contribution in [0, 0.1) is 0 Å². The van der Waals surface area contributed by atoms with Crippen molar-refractivity contribution < 1.29 is 14.1 Å². The van der Waals surface area contributed by atoms with Crippen molar-refractivity contribution in [2.45, 2.75) is 6.42 Å². The Hall–Kier alpha value is -3.93. The number of anilines is 1. The van der Waals surface area contributed by atoms with Crippen molar-refractivity contribution in [1.82, 2.24) is 10.1 Å². The second-order valence-corrected chi connectivity index (χ2v) is 6.44. The molecule has 0 spiro atoms. The van der Waals surface area contributed by atoms with Crippen LogP contribution in [0.25, 0.3) is 22.8 Å². The van der Waals surface area contributed by atoms with Crippen LogP contribution in [0.5, 0.6) is 5.75 Å². The summed E-state index contributed by atoms with van der Waals surface area (Å²) in [6.07, 6.45) is 0.272. The van der Waals surface area contributed by atoms with E-state index in [1.54, 1.807) is 7.11 Å². The predicted molar refractivity (Wildman–Crippen MR) is 110 cm³/mol. The second kappa shape index (κ2) is 8.39. The monoisotopic (exact) mass is 385 g/mol. The molecule has 29 heavy (non-hydrogen) atoms. The van der Waals surface area contributed by atoms with Crippen LogP contribution in [0.3, 0.4) is 0 Å². The van der Waals surface area contributed by atoms with Crippen molar-refractivity contribution in [2.75, 3.05) is 12.4 Å². The number of ether oxygens (including phenoxy) is 1. The number of nitrogens with zero attached hydrogens (tertiary/aromatic N) is 2. The van der Waals surface area contributed by atoms with Gasteiger partial charge in [-0.1, -0.05) is 47.6 Å². The fourth-order valence-corrected chi connectivity index (χ4v) is 2.91. The van der Waals surface area contributed by atoms with E-state index in [1.165, 1.54) is 0 Å². The summed E-state index contributed by atoms with van der Waals surface area (Å²) >= 11 is 0. The van der Waals surface area contributed by atoms with Crippen molar-refractivity contribution in [1.29, 1.82) is 0 Å². The number of rotatable bonds is 6. The van der Waals surface area contributed by atoms with E-state index in [4.69, 9.17) is 9.26 Å². The SMILES string of the molecule is COc1ccc(CC(=O)Nc2cccc(-c3noc(-c4ccccc4)n3)c2)cc1. The first kappa shape index (κ1) is 18.4. The lowest BCUT2D eigenvalue weighted by atomic mass is 10.1. The largest absolute Gasteiger partial charge is 0.497 e. The number of methoxy groups -OCH3 is 1. The lowest BCUT2D eigenvalue weighted by molar-refractivity contribution is -0.115. The first-order valence-electron chi connectivity index (χ1n) is 9.13. The van der Waals surface area contributed by atoms with Crippen LogP contribution in [0.4, 0.5) is 5.69 Å². The van der Waals surface area contributed by atoms with Gasteiger partial charge in [-0.05, 0) is 42.0 Å². The molecule has 0 unspecified atom stereocenters. The van der Waals surface area contributed by atoms with E-state index in [9.17, 15) is 4.79 Å². The van der Waals surface area contributed by atoms with Gasteiger partial charge in [0.2, 0.25) is 11.7 Å². The van der Waals surface area contributed by atoms with Crippen molar-refractivity contribution in [3.05, 3.63) is 84.4 Å². The second-order valence-electron chi connectivity index (χ2n) is 6.44. The van der Waals surface area contributed by atoms with Crippen LogP contribution in [0.1, 0.15) is 5.56 Å². The van der Waals surface area contributed by atoms with Crippen molar-refractivity contribution in [2.24, 2.45) is 0 Å². The zero-order valence-corrected chi connectivity index (χ0v) is 15.8. The minimum Gasteiger partial charge on any atom is -0.497 e. The van der Waals surface area contributed by atoms with E-state index in [0.29, 0.717) is 17.4 Å². The molecule has 4 aromatic rings. The number of nitrogens with one attached hydrogen (secondary N) is 1. The third-order valence-electron chi connectivity index (χ3n) is 4.38. The zero-order valence-electron chi connectivity index (χ0n) is 15.8. The fourth-order valence-electron chi connectivity index (χ4n) is 2.91. The molecule has 1 aromatic heterocycles. The molecule has 0 atom stereocenters. The maximum atomic E-state index is 12.4. The highest BCUT2D eigenvalue weighted by Crippen LogP contribution is 2.24. The fraction of sp³-hybridized carbons (Fsp3) is 0.0870. The highest BCUT2D eigenvalue weighted by Gasteiger charge is 2.11. The topological polar surface area (TPSA) is 77.2 Å². The lowest BCUT2D eigenvalue weighted by Crippen LogP contribution is -2.14. The Morgan fingerprint density at radius 3 is 2.48 bits per heavy atom. The Morgan fingerprint density at radius 2 is 1.72 bits per heavy atom. The minimum atomic E-state index is -0.106. The van der Waals surface area contributed by atoms with Gasteiger partial charge < -0.3 is 14.6 Å². The van der Waals surface area contributed by atoms with Gasteiger partial charge >= 0.3 is 0 Å². The van der Waals surface area contributed by atoms with Crippen LogP contribution in [0.2, 0.25) is 0 Å². The van der Waals surface area contributed by atoms with Crippen molar-refractivity contribution in [3.63, 3.8) is 0 Å². The maximum Gasteiger partial charge on any atom is 0.258 e. The average Bonchev–Trinajstić information content (AvgIpc) is 3.25. The Bertz CT molecular complexity index is 1110. The van der Waals surface area contributed by atoms with Gasteiger partial charge in [-0.15, -0.1) is 0 Å². The summed E-state index contributed by atoms with van der Waals surface area (Å²) in [5.74, 6) is 1.58. The summed E-state index contributed by atoms with van der Waals surface area (Å²) in [5, 5.41) is 6.97. The van der Waals surface area contributed by atoms with E-state index in [-0.39, 0.29) is 12.3 Å². The van der Waals surface area contributed by atoms with E-state index >= 15 is 0 Å². The van der Waals surface area contributed by atoms with E-state index in [1.807, 2.05) is 78.9 Å². The highest BCUT2D eigenvalue weighted by atomic mass is 16.5. The van der Waals surface area contributed by atoms with E-state index in [2.05, 4.69) is 15.5 Å². The first-order valence-corrected chi connectivity index (χ1v) is 9.13. The zero-order chi connectivity index (χ0) is 20.1. The summed E-state index contributed by atoms with van der Waals surface area (Å²) in [7, 11) is 1.61. The van der Waals surface area contributed by atoms with Crippen LogP contribution in [-0.2, 0) is 11.2 Å². The molecule has 3 aromatic carbocycles. The molecule has 1 heterocycles. The number of amides is 1. The van der Waals surface area contributed by atoms with Gasteiger partial charge in [0.05, 0.1) is 13.5 Å². The van der Waals surface area contributed by atoms with Gasteiger partial charge in [0, 0.05) is 16.8 Å². The molecule has 0 aliphatic rings. The minimum absolute atomic E-state index is 0.106. The average molecular weight is 385 g/mol. The molecule has 1 N–H and O–H groups in total. The summed E-state index contributed by atoms with van der Waals surface area (Å²) in [5.41, 5.74) is 3.20. The first-order chi connectivity index (χ1) is 14.2. The summed E-state index contributed by atoms with van der Waals surface area (Å²) in [6, 6.07) is 24.4. The Labute approximate surface area is 168 Å². The molecule has 0 fully saturated rings. The summed E-state index contributed by atoms with van der Waals surface area (Å²) in [6.45, 7) is 0. The molecule has 1 amide bonds. The summed E-state index contributed by atoms with van der Waals surface area (Å²) < 4.78 is 10.5. The Morgan fingerprint density at radius 1 is 0.966 bits per heavy atom. The molecule has 0 radical (unpaired) electrons. The molecule has 4 rings (SSSR count). The van der Waals surface area contributed by atoms with Crippen LogP contribution >= 0.6 is 0 Å². The quantitative estimate of drug-likeness (QED) is 0.525. The Balaban J connectivity index is 1.46. The number of hydrogen-bond acceptors (Lipinski definition) is 5. The molecule has 6 nitrogen and oxygen atoms in total. The standard InChI is InChI=1S/C23H19N3O3/c1-28-20-12-10-16(11-13-20)14-21(27)24-19-9-5-8-18(15-19)22-25-23(29-26-22)17-6-3-2-4-7-17/h2-13,15H,14H2,1H3,(H,24,27). The molecule has 144 valence electrons. The van der Waals surface area contributed by atoms with Crippen LogP contribution in [-0.4, -0.2) is 23.2 Å². The van der Waals surface area contributed by atoms with Gasteiger partial charge in [-0.3, -0.25) is 4.79 Å².